The van der Waals surface area contributed by atoms with Crippen LogP contribution in [-0.2, 0) is 19.0 Å². The number of ether oxygens (including phenoxy) is 3. The fourth-order valence-corrected chi connectivity index (χ4v) is 3.50. The van der Waals surface area contributed by atoms with Crippen LogP contribution in [0, 0.1) is 12.8 Å². The summed E-state index contributed by atoms with van der Waals surface area (Å²) in [4.78, 5) is 37.0. The molecule has 25 heavy (non-hydrogen) atoms. The van der Waals surface area contributed by atoms with E-state index in [9.17, 15) is 14.4 Å². The minimum absolute atomic E-state index is 0.0328. The van der Waals surface area contributed by atoms with Crippen LogP contribution in [0.4, 0.5) is 5.00 Å². The third-order valence-electron chi connectivity index (χ3n) is 4.05. The van der Waals surface area contributed by atoms with Gasteiger partial charge in [-0.3, -0.25) is 4.79 Å². The van der Waals surface area contributed by atoms with E-state index in [0.29, 0.717) is 10.6 Å². The van der Waals surface area contributed by atoms with Crippen LogP contribution in [0.1, 0.15) is 51.8 Å². The third-order valence-corrected chi connectivity index (χ3v) is 5.23. The number of carbonyl (C=O) groups excluding carboxylic acids is 3. The lowest BCUT2D eigenvalue weighted by molar-refractivity contribution is -0.122. The highest BCUT2D eigenvalue weighted by Crippen LogP contribution is 2.36. The van der Waals surface area contributed by atoms with Gasteiger partial charge < -0.3 is 19.5 Å². The molecule has 8 heteroatoms. The summed E-state index contributed by atoms with van der Waals surface area (Å²) >= 11 is 1.04. The van der Waals surface area contributed by atoms with Crippen LogP contribution in [0.25, 0.3) is 0 Å². The van der Waals surface area contributed by atoms with Crippen LogP contribution in [0.15, 0.2) is 0 Å². The lowest BCUT2D eigenvalue weighted by Gasteiger charge is -2.23. The highest BCUT2D eigenvalue weighted by atomic mass is 32.1. The number of amides is 1. The zero-order valence-corrected chi connectivity index (χ0v) is 15.5. The fourth-order valence-electron chi connectivity index (χ4n) is 2.41. The summed E-state index contributed by atoms with van der Waals surface area (Å²) in [6.45, 7) is 3.95. The Morgan fingerprint density at radius 3 is 2.44 bits per heavy atom. The maximum atomic E-state index is 12.3. The van der Waals surface area contributed by atoms with Crippen molar-refractivity contribution < 1.29 is 28.6 Å². The molecule has 7 nitrogen and oxygen atoms in total. The Balaban J connectivity index is 2.25. The summed E-state index contributed by atoms with van der Waals surface area (Å²) in [5, 5.41) is 3.12. The summed E-state index contributed by atoms with van der Waals surface area (Å²) in [6, 6.07) is 0. The van der Waals surface area contributed by atoms with Crippen molar-refractivity contribution in [3.8, 4) is 0 Å². The lowest BCUT2D eigenvalue weighted by Crippen LogP contribution is -2.28. The summed E-state index contributed by atoms with van der Waals surface area (Å²) in [7, 11) is 1.51. The SMILES string of the molecule is CCOC(=O)c1c(NC(=O)C2CCC2)sc(C(=O)OCCOC)c1C. The van der Waals surface area contributed by atoms with Crippen molar-refractivity contribution in [1.29, 1.82) is 0 Å². The summed E-state index contributed by atoms with van der Waals surface area (Å²) in [5.74, 6) is -1.27. The highest BCUT2D eigenvalue weighted by molar-refractivity contribution is 7.18. The number of esters is 2. The monoisotopic (exact) mass is 369 g/mol. The van der Waals surface area contributed by atoms with Crippen LogP contribution >= 0.6 is 11.3 Å². The predicted molar refractivity (Wildman–Crippen MR) is 93.1 cm³/mol. The Hall–Kier alpha value is -1.93. The Kier molecular flexibility index (Phi) is 6.95. The van der Waals surface area contributed by atoms with Gasteiger partial charge in [0.15, 0.2) is 0 Å². The molecule has 0 atom stereocenters. The summed E-state index contributed by atoms with van der Waals surface area (Å²) in [5.41, 5.74) is 0.674. The Labute approximate surface area is 150 Å². The van der Waals surface area contributed by atoms with E-state index in [0.717, 1.165) is 30.6 Å². The quantitative estimate of drug-likeness (QED) is 0.560. The van der Waals surface area contributed by atoms with Gasteiger partial charge >= 0.3 is 11.9 Å². The molecule has 1 aromatic heterocycles. The predicted octanol–water partition coefficient (Wildman–Crippen LogP) is 2.78. The van der Waals surface area contributed by atoms with Crippen molar-refractivity contribution >= 4 is 34.2 Å². The first-order chi connectivity index (χ1) is 12.0. The van der Waals surface area contributed by atoms with Gasteiger partial charge in [0.2, 0.25) is 5.91 Å². The molecule has 1 fully saturated rings. The Bertz CT molecular complexity index is 650. The molecule has 2 rings (SSSR count). The van der Waals surface area contributed by atoms with Crippen LogP contribution in [0.3, 0.4) is 0 Å². The second-order valence-electron chi connectivity index (χ2n) is 5.73. The summed E-state index contributed by atoms with van der Waals surface area (Å²) < 4.78 is 15.0. The molecule has 0 saturated heterocycles. The van der Waals surface area contributed by atoms with Crippen LogP contribution < -0.4 is 5.32 Å². The van der Waals surface area contributed by atoms with Gasteiger partial charge in [-0.25, -0.2) is 9.59 Å². The van der Waals surface area contributed by atoms with Crippen molar-refractivity contribution in [2.45, 2.75) is 33.1 Å². The first-order valence-corrected chi connectivity index (χ1v) is 9.08. The zero-order chi connectivity index (χ0) is 18.4. The number of hydrogen-bond donors (Lipinski definition) is 1. The van der Waals surface area contributed by atoms with Crippen molar-refractivity contribution in [1.82, 2.24) is 0 Å². The molecule has 0 aromatic carbocycles. The van der Waals surface area contributed by atoms with E-state index in [4.69, 9.17) is 14.2 Å². The second-order valence-corrected chi connectivity index (χ2v) is 6.75. The smallest absolute Gasteiger partial charge is 0.348 e. The number of methoxy groups -OCH3 is 1. The topological polar surface area (TPSA) is 90.9 Å². The van der Waals surface area contributed by atoms with Gasteiger partial charge in [0.05, 0.1) is 18.8 Å². The van der Waals surface area contributed by atoms with Crippen molar-refractivity contribution in [2.75, 3.05) is 32.2 Å². The van der Waals surface area contributed by atoms with E-state index in [1.807, 2.05) is 0 Å². The fraction of sp³-hybridized carbons (Fsp3) is 0.588. The maximum Gasteiger partial charge on any atom is 0.348 e. The molecule has 1 amide bonds. The molecule has 0 spiro atoms. The molecule has 0 unspecified atom stereocenters. The van der Waals surface area contributed by atoms with Gasteiger partial charge in [-0.2, -0.15) is 0 Å². The first-order valence-electron chi connectivity index (χ1n) is 8.27. The normalized spacial score (nSPS) is 13.9. The van der Waals surface area contributed by atoms with Crippen molar-refractivity contribution in [3.05, 3.63) is 16.0 Å². The molecule has 0 aliphatic heterocycles. The van der Waals surface area contributed by atoms with Gasteiger partial charge in [-0.1, -0.05) is 6.42 Å². The van der Waals surface area contributed by atoms with Crippen LogP contribution in [0.2, 0.25) is 0 Å². The number of hydrogen-bond acceptors (Lipinski definition) is 7. The van der Waals surface area contributed by atoms with Crippen LogP contribution in [-0.4, -0.2) is 44.8 Å². The molecule has 1 saturated carbocycles. The standard InChI is InChI=1S/C17H23NO6S/c1-4-23-16(20)12-10(2)13(17(21)24-9-8-22-3)25-15(12)18-14(19)11-6-5-7-11/h11H,4-9H2,1-3H3,(H,18,19). The minimum atomic E-state index is -0.559. The third kappa shape index (κ3) is 4.58. The van der Waals surface area contributed by atoms with Gasteiger partial charge in [-0.05, 0) is 32.3 Å². The minimum Gasteiger partial charge on any atom is -0.462 e. The molecule has 1 aliphatic rings. The van der Waals surface area contributed by atoms with E-state index >= 15 is 0 Å². The van der Waals surface area contributed by atoms with Crippen molar-refractivity contribution in [2.24, 2.45) is 5.92 Å². The molecular weight excluding hydrogens is 346 g/mol. The average Bonchev–Trinajstić information content (AvgIpc) is 2.82. The van der Waals surface area contributed by atoms with Gasteiger partial charge in [0.25, 0.3) is 0 Å². The van der Waals surface area contributed by atoms with Gasteiger partial charge in [0, 0.05) is 13.0 Å². The molecule has 1 aliphatic carbocycles. The number of nitrogens with one attached hydrogen (secondary N) is 1. The number of rotatable bonds is 8. The first kappa shape index (κ1) is 19.4. The molecule has 0 radical (unpaired) electrons. The lowest BCUT2D eigenvalue weighted by atomic mass is 9.85. The molecular formula is C17H23NO6S. The molecule has 1 heterocycles. The molecule has 138 valence electrons. The maximum absolute atomic E-state index is 12.3. The number of thiophene rings is 1. The largest absolute Gasteiger partial charge is 0.462 e. The summed E-state index contributed by atoms with van der Waals surface area (Å²) in [6.07, 6.45) is 2.72. The average molecular weight is 369 g/mol. The number of anilines is 1. The Morgan fingerprint density at radius 2 is 1.88 bits per heavy atom. The number of carbonyl (C=O) groups is 3. The molecule has 1 N–H and O–H groups in total. The Morgan fingerprint density at radius 1 is 1.16 bits per heavy atom. The highest BCUT2D eigenvalue weighted by Gasteiger charge is 2.30. The van der Waals surface area contributed by atoms with Crippen molar-refractivity contribution in [3.63, 3.8) is 0 Å². The van der Waals surface area contributed by atoms with Gasteiger partial charge in [-0.15, -0.1) is 11.3 Å². The van der Waals surface area contributed by atoms with E-state index in [1.54, 1.807) is 13.8 Å². The molecule has 1 aromatic rings. The van der Waals surface area contributed by atoms with E-state index in [2.05, 4.69) is 5.32 Å². The van der Waals surface area contributed by atoms with Crippen LogP contribution in [0.5, 0.6) is 0 Å². The zero-order valence-electron chi connectivity index (χ0n) is 14.7. The second kappa shape index (κ2) is 8.96. The van der Waals surface area contributed by atoms with E-state index in [1.165, 1.54) is 7.11 Å². The van der Waals surface area contributed by atoms with Gasteiger partial charge in [0.1, 0.15) is 16.5 Å². The van der Waals surface area contributed by atoms with E-state index < -0.39 is 11.9 Å². The van der Waals surface area contributed by atoms with E-state index in [-0.39, 0.29) is 42.1 Å². The molecule has 0 bridgehead atoms.